The predicted molar refractivity (Wildman–Crippen MR) is 92.6 cm³/mol. The summed E-state index contributed by atoms with van der Waals surface area (Å²) in [6.45, 7) is 6.11. The standard InChI is InChI=1S/C19H28N2O2/c1-2-19(15-22)9-13-20(14-10-19)11-8-18(23)21-12-7-16-5-3-4-6-17(16)21/h3-6,22H,2,7-15H2,1H3. The third-order valence-electron chi connectivity index (χ3n) is 5.83. The van der Waals surface area contributed by atoms with Crippen LogP contribution in [0.15, 0.2) is 24.3 Å². The van der Waals surface area contributed by atoms with Gasteiger partial charge < -0.3 is 14.9 Å². The molecule has 0 spiro atoms. The highest BCUT2D eigenvalue weighted by Crippen LogP contribution is 2.34. The zero-order chi connectivity index (χ0) is 16.3. The average molecular weight is 316 g/mol. The molecule has 1 fully saturated rings. The number of likely N-dealkylation sites (tertiary alicyclic amines) is 1. The fourth-order valence-corrected chi connectivity index (χ4v) is 3.86. The highest BCUT2D eigenvalue weighted by molar-refractivity contribution is 5.95. The molecule has 1 aromatic carbocycles. The van der Waals surface area contributed by atoms with Gasteiger partial charge in [0.25, 0.3) is 0 Å². The van der Waals surface area contributed by atoms with Crippen LogP contribution in [0, 0.1) is 5.41 Å². The molecule has 1 saturated heterocycles. The molecule has 0 bridgehead atoms. The van der Waals surface area contributed by atoms with Gasteiger partial charge in [0, 0.05) is 31.8 Å². The van der Waals surface area contributed by atoms with Gasteiger partial charge >= 0.3 is 0 Å². The zero-order valence-corrected chi connectivity index (χ0v) is 14.1. The summed E-state index contributed by atoms with van der Waals surface area (Å²) < 4.78 is 0. The number of aliphatic hydroxyl groups excluding tert-OH is 1. The highest BCUT2D eigenvalue weighted by Gasteiger charge is 2.32. The quantitative estimate of drug-likeness (QED) is 0.907. The first-order valence-corrected chi connectivity index (χ1v) is 8.89. The van der Waals surface area contributed by atoms with Gasteiger partial charge in [-0.3, -0.25) is 4.79 Å². The topological polar surface area (TPSA) is 43.8 Å². The molecule has 2 aliphatic rings. The minimum Gasteiger partial charge on any atom is -0.396 e. The number of anilines is 1. The van der Waals surface area contributed by atoms with Crippen LogP contribution in [0.1, 0.15) is 38.2 Å². The Morgan fingerprint density at radius 3 is 2.65 bits per heavy atom. The molecular weight excluding hydrogens is 288 g/mol. The van der Waals surface area contributed by atoms with Crippen LogP contribution in [-0.2, 0) is 11.2 Å². The second-order valence-electron chi connectivity index (χ2n) is 7.03. The maximum atomic E-state index is 12.5. The van der Waals surface area contributed by atoms with Crippen molar-refractivity contribution in [1.82, 2.24) is 4.90 Å². The van der Waals surface area contributed by atoms with E-state index in [1.807, 2.05) is 17.0 Å². The van der Waals surface area contributed by atoms with E-state index in [1.54, 1.807) is 0 Å². The number of para-hydroxylation sites is 1. The van der Waals surface area contributed by atoms with E-state index in [9.17, 15) is 9.90 Å². The van der Waals surface area contributed by atoms with E-state index >= 15 is 0 Å². The Morgan fingerprint density at radius 1 is 1.22 bits per heavy atom. The molecule has 23 heavy (non-hydrogen) atoms. The molecule has 3 rings (SSSR count). The lowest BCUT2D eigenvalue weighted by molar-refractivity contribution is -0.119. The molecule has 4 heteroatoms. The Kier molecular flexibility index (Phi) is 5.02. The lowest BCUT2D eigenvalue weighted by Crippen LogP contribution is -2.43. The Labute approximate surface area is 139 Å². The SMILES string of the molecule is CCC1(CO)CCN(CCC(=O)N2CCc3ccccc32)CC1. The molecule has 0 atom stereocenters. The molecule has 1 amide bonds. The Bertz CT molecular complexity index is 544. The fraction of sp³-hybridized carbons (Fsp3) is 0.632. The number of piperidine rings is 1. The minimum absolute atomic E-state index is 0.119. The maximum absolute atomic E-state index is 12.5. The normalized spacial score (nSPS) is 20.5. The van der Waals surface area contributed by atoms with Gasteiger partial charge in [0.15, 0.2) is 0 Å². The van der Waals surface area contributed by atoms with Crippen LogP contribution >= 0.6 is 0 Å². The van der Waals surface area contributed by atoms with Gasteiger partial charge in [0.1, 0.15) is 0 Å². The second-order valence-corrected chi connectivity index (χ2v) is 7.03. The Morgan fingerprint density at radius 2 is 1.96 bits per heavy atom. The van der Waals surface area contributed by atoms with Crippen molar-refractivity contribution in [3.8, 4) is 0 Å². The van der Waals surface area contributed by atoms with Crippen molar-refractivity contribution < 1.29 is 9.90 Å². The van der Waals surface area contributed by atoms with E-state index in [-0.39, 0.29) is 11.3 Å². The van der Waals surface area contributed by atoms with Crippen LogP contribution in [0.2, 0.25) is 0 Å². The average Bonchev–Trinajstić information content (AvgIpc) is 3.04. The van der Waals surface area contributed by atoms with Crippen molar-refractivity contribution in [1.29, 1.82) is 0 Å². The maximum Gasteiger partial charge on any atom is 0.228 e. The lowest BCUT2D eigenvalue weighted by atomic mass is 9.77. The molecule has 4 nitrogen and oxygen atoms in total. The number of carbonyl (C=O) groups is 1. The summed E-state index contributed by atoms with van der Waals surface area (Å²) in [5.41, 5.74) is 2.50. The van der Waals surface area contributed by atoms with Crippen LogP contribution in [0.4, 0.5) is 5.69 Å². The van der Waals surface area contributed by atoms with Gasteiger partial charge in [0.05, 0.1) is 0 Å². The summed E-state index contributed by atoms with van der Waals surface area (Å²) in [4.78, 5) is 16.9. The Hall–Kier alpha value is -1.39. The first kappa shape index (κ1) is 16.5. The fourth-order valence-electron chi connectivity index (χ4n) is 3.86. The monoisotopic (exact) mass is 316 g/mol. The third-order valence-corrected chi connectivity index (χ3v) is 5.83. The van der Waals surface area contributed by atoms with Crippen molar-refractivity contribution in [3.05, 3.63) is 29.8 Å². The molecule has 0 radical (unpaired) electrons. The van der Waals surface area contributed by atoms with Crippen LogP contribution in [0.3, 0.4) is 0 Å². The van der Waals surface area contributed by atoms with E-state index in [4.69, 9.17) is 0 Å². The number of nitrogens with zero attached hydrogens (tertiary/aromatic N) is 2. The van der Waals surface area contributed by atoms with Gasteiger partial charge in [-0.25, -0.2) is 0 Å². The van der Waals surface area contributed by atoms with Crippen LogP contribution in [0.25, 0.3) is 0 Å². The second kappa shape index (κ2) is 7.02. The van der Waals surface area contributed by atoms with Crippen molar-refractivity contribution in [3.63, 3.8) is 0 Å². The molecule has 0 aromatic heterocycles. The summed E-state index contributed by atoms with van der Waals surface area (Å²) in [5.74, 6) is 0.240. The molecule has 1 N–H and O–H groups in total. The number of amides is 1. The first-order chi connectivity index (χ1) is 11.2. The van der Waals surface area contributed by atoms with Crippen molar-refractivity contribution in [2.45, 2.75) is 39.0 Å². The van der Waals surface area contributed by atoms with Crippen molar-refractivity contribution in [2.75, 3.05) is 37.7 Å². The number of benzene rings is 1. The number of rotatable bonds is 5. The third kappa shape index (κ3) is 3.43. The molecule has 0 saturated carbocycles. The van der Waals surface area contributed by atoms with Crippen molar-refractivity contribution >= 4 is 11.6 Å². The zero-order valence-electron chi connectivity index (χ0n) is 14.1. The minimum atomic E-state index is 0.119. The van der Waals surface area contributed by atoms with E-state index < -0.39 is 0 Å². The smallest absolute Gasteiger partial charge is 0.228 e. The van der Waals surface area contributed by atoms with Crippen LogP contribution < -0.4 is 4.90 Å². The Balaban J connectivity index is 1.49. The highest BCUT2D eigenvalue weighted by atomic mass is 16.3. The number of fused-ring (bicyclic) bond motifs is 1. The largest absolute Gasteiger partial charge is 0.396 e. The lowest BCUT2D eigenvalue weighted by Gasteiger charge is -2.40. The molecule has 0 unspecified atom stereocenters. The van der Waals surface area contributed by atoms with Gasteiger partial charge in [-0.2, -0.15) is 0 Å². The van der Waals surface area contributed by atoms with Crippen LogP contribution in [0.5, 0.6) is 0 Å². The molecule has 2 heterocycles. The van der Waals surface area contributed by atoms with E-state index in [2.05, 4.69) is 24.0 Å². The summed E-state index contributed by atoms with van der Waals surface area (Å²) in [6, 6.07) is 8.22. The molecule has 1 aromatic rings. The van der Waals surface area contributed by atoms with E-state index in [0.29, 0.717) is 13.0 Å². The van der Waals surface area contributed by atoms with Crippen molar-refractivity contribution in [2.24, 2.45) is 5.41 Å². The summed E-state index contributed by atoms with van der Waals surface area (Å²) in [5, 5.41) is 9.60. The van der Waals surface area contributed by atoms with E-state index in [1.165, 1.54) is 5.56 Å². The number of aliphatic hydroxyl groups is 1. The van der Waals surface area contributed by atoms with Gasteiger partial charge in [-0.15, -0.1) is 0 Å². The van der Waals surface area contributed by atoms with Crippen LogP contribution in [-0.4, -0.2) is 48.7 Å². The number of hydrogen-bond acceptors (Lipinski definition) is 3. The van der Waals surface area contributed by atoms with E-state index in [0.717, 1.165) is 57.5 Å². The summed E-state index contributed by atoms with van der Waals surface area (Å²) in [6.07, 6.45) is 4.69. The van der Waals surface area contributed by atoms with Gasteiger partial charge in [-0.1, -0.05) is 25.1 Å². The molecule has 126 valence electrons. The number of carbonyl (C=O) groups excluding carboxylic acids is 1. The summed E-state index contributed by atoms with van der Waals surface area (Å²) in [7, 11) is 0. The van der Waals surface area contributed by atoms with Gasteiger partial charge in [0.2, 0.25) is 5.91 Å². The van der Waals surface area contributed by atoms with Gasteiger partial charge in [-0.05, 0) is 55.8 Å². The first-order valence-electron chi connectivity index (χ1n) is 8.89. The number of hydrogen-bond donors (Lipinski definition) is 1. The predicted octanol–water partition coefficient (Wildman–Crippen LogP) is 2.45. The summed E-state index contributed by atoms with van der Waals surface area (Å²) >= 11 is 0. The molecule has 0 aliphatic carbocycles. The molecular formula is C19H28N2O2. The molecule has 2 aliphatic heterocycles.